The van der Waals surface area contributed by atoms with Gasteiger partial charge >= 0.3 is 0 Å². The van der Waals surface area contributed by atoms with Crippen LogP contribution in [-0.4, -0.2) is 10.2 Å². The predicted octanol–water partition coefficient (Wildman–Crippen LogP) is 4.74. The predicted molar refractivity (Wildman–Crippen MR) is 75.0 cm³/mol. The molecule has 0 amide bonds. The van der Waals surface area contributed by atoms with E-state index in [0.29, 0.717) is 21.4 Å². The van der Waals surface area contributed by atoms with Crippen LogP contribution in [0.25, 0.3) is 22.0 Å². The molecule has 0 unspecified atom stereocenters. The average molecular weight is 293 g/mol. The van der Waals surface area contributed by atoms with Crippen LogP contribution in [0.15, 0.2) is 42.5 Å². The number of benzene rings is 2. The molecule has 2 nitrogen and oxygen atoms in total. The van der Waals surface area contributed by atoms with Crippen molar-refractivity contribution >= 4 is 34.0 Å². The van der Waals surface area contributed by atoms with Gasteiger partial charge in [-0.3, -0.25) is 0 Å². The van der Waals surface area contributed by atoms with E-state index in [1.807, 2.05) is 24.3 Å². The highest BCUT2D eigenvalue weighted by Crippen LogP contribution is 2.33. The summed E-state index contributed by atoms with van der Waals surface area (Å²) < 4.78 is 13.1. The minimum Gasteiger partial charge on any atom is -0.207 e. The van der Waals surface area contributed by atoms with Crippen molar-refractivity contribution in [1.29, 1.82) is 0 Å². The van der Waals surface area contributed by atoms with Crippen LogP contribution in [0.5, 0.6) is 0 Å². The van der Waals surface area contributed by atoms with E-state index in [2.05, 4.69) is 10.2 Å². The summed E-state index contributed by atoms with van der Waals surface area (Å²) >= 11 is 12.1. The lowest BCUT2D eigenvalue weighted by Crippen LogP contribution is -1.92. The van der Waals surface area contributed by atoms with Crippen LogP contribution < -0.4 is 0 Å². The first-order valence-corrected chi connectivity index (χ1v) is 6.29. The monoisotopic (exact) mass is 292 g/mol. The van der Waals surface area contributed by atoms with Crippen molar-refractivity contribution in [3.05, 3.63) is 58.5 Å². The molecule has 0 spiro atoms. The van der Waals surface area contributed by atoms with Gasteiger partial charge in [0.15, 0.2) is 5.15 Å². The summed E-state index contributed by atoms with van der Waals surface area (Å²) in [6, 6.07) is 11.7. The third-order valence-corrected chi connectivity index (χ3v) is 3.42. The maximum atomic E-state index is 13.1. The first-order valence-electron chi connectivity index (χ1n) is 5.53. The average Bonchev–Trinajstić information content (AvgIpc) is 2.41. The quantitative estimate of drug-likeness (QED) is 0.647. The molecule has 0 atom stereocenters. The molecule has 0 radical (unpaired) electrons. The molecule has 0 aliphatic rings. The van der Waals surface area contributed by atoms with Crippen LogP contribution in [-0.2, 0) is 0 Å². The highest BCUT2D eigenvalue weighted by atomic mass is 35.5. The molecule has 0 bridgehead atoms. The Morgan fingerprint density at radius 1 is 0.895 bits per heavy atom. The van der Waals surface area contributed by atoms with Crippen LogP contribution in [0.2, 0.25) is 10.2 Å². The number of aromatic nitrogens is 2. The fourth-order valence-electron chi connectivity index (χ4n) is 1.95. The van der Waals surface area contributed by atoms with Gasteiger partial charge in [0.1, 0.15) is 11.5 Å². The maximum absolute atomic E-state index is 13.1. The van der Waals surface area contributed by atoms with Gasteiger partial charge in [-0.1, -0.05) is 47.5 Å². The van der Waals surface area contributed by atoms with Crippen LogP contribution >= 0.6 is 23.2 Å². The fraction of sp³-hybridized carbons (Fsp3) is 0. The molecular formula is C14H7Cl2FN2. The Bertz CT molecular complexity index is 774. The lowest BCUT2D eigenvalue weighted by Gasteiger charge is -2.07. The molecule has 0 N–H and O–H groups in total. The van der Waals surface area contributed by atoms with Gasteiger partial charge in [-0.15, -0.1) is 10.2 Å². The zero-order valence-electron chi connectivity index (χ0n) is 9.57. The molecule has 3 aromatic rings. The standard InChI is InChI=1S/C14H7Cl2FN2/c15-12-7-8(17)5-6-11(12)13-9-3-1-2-4-10(9)14(16)19-18-13/h1-7H. The van der Waals surface area contributed by atoms with Crippen LogP contribution in [0.1, 0.15) is 0 Å². The summed E-state index contributed by atoms with van der Waals surface area (Å²) in [7, 11) is 0. The lowest BCUT2D eigenvalue weighted by molar-refractivity contribution is 0.628. The van der Waals surface area contributed by atoms with E-state index >= 15 is 0 Å². The smallest absolute Gasteiger partial charge is 0.159 e. The minimum atomic E-state index is -0.389. The van der Waals surface area contributed by atoms with E-state index < -0.39 is 0 Å². The molecule has 94 valence electrons. The zero-order valence-corrected chi connectivity index (χ0v) is 11.1. The third-order valence-electron chi connectivity index (χ3n) is 2.83. The molecule has 0 saturated heterocycles. The second-order valence-electron chi connectivity index (χ2n) is 4.01. The third kappa shape index (κ3) is 2.15. The SMILES string of the molecule is Fc1ccc(-c2nnc(Cl)c3ccccc23)c(Cl)c1. The zero-order chi connectivity index (χ0) is 13.4. The van der Waals surface area contributed by atoms with E-state index in [4.69, 9.17) is 23.2 Å². The Labute approximate surface area is 118 Å². The van der Waals surface area contributed by atoms with Crippen molar-refractivity contribution in [1.82, 2.24) is 10.2 Å². The maximum Gasteiger partial charge on any atom is 0.159 e. The molecular weight excluding hydrogens is 286 g/mol. The molecule has 0 saturated carbocycles. The van der Waals surface area contributed by atoms with Crippen molar-refractivity contribution in [3.8, 4) is 11.3 Å². The van der Waals surface area contributed by atoms with Crippen LogP contribution in [0.4, 0.5) is 4.39 Å². The molecule has 19 heavy (non-hydrogen) atoms. The number of fused-ring (bicyclic) bond motifs is 1. The molecule has 0 aliphatic carbocycles. The van der Waals surface area contributed by atoms with E-state index in [0.717, 1.165) is 10.8 Å². The summed E-state index contributed by atoms with van der Waals surface area (Å²) in [5, 5.41) is 10.2. The Morgan fingerprint density at radius 3 is 2.37 bits per heavy atom. The van der Waals surface area contributed by atoms with Crippen molar-refractivity contribution in [2.75, 3.05) is 0 Å². The molecule has 1 heterocycles. The second kappa shape index (κ2) is 4.76. The molecule has 2 aromatic carbocycles. The van der Waals surface area contributed by atoms with Gasteiger partial charge in [0.05, 0.1) is 5.02 Å². The molecule has 1 aromatic heterocycles. The van der Waals surface area contributed by atoms with Crippen molar-refractivity contribution in [2.45, 2.75) is 0 Å². The van der Waals surface area contributed by atoms with Crippen LogP contribution in [0.3, 0.4) is 0 Å². The topological polar surface area (TPSA) is 25.8 Å². The number of hydrogen-bond acceptors (Lipinski definition) is 2. The molecule has 5 heteroatoms. The van der Waals surface area contributed by atoms with Gasteiger partial charge in [0, 0.05) is 16.3 Å². The summed E-state index contributed by atoms with van der Waals surface area (Å²) in [4.78, 5) is 0. The van der Waals surface area contributed by atoms with E-state index in [1.165, 1.54) is 12.1 Å². The van der Waals surface area contributed by atoms with Gasteiger partial charge < -0.3 is 0 Å². The summed E-state index contributed by atoms with van der Waals surface area (Å²) in [6.45, 7) is 0. The van der Waals surface area contributed by atoms with Crippen molar-refractivity contribution in [3.63, 3.8) is 0 Å². The number of rotatable bonds is 1. The van der Waals surface area contributed by atoms with E-state index in [1.54, 1.807) is 6.07 Å². The van der Waals surface area contributed by atoms with E-state index in [-0.39, 0.29) is 5.82 Å². The van der Waals surface area contributed by atoms with Gasteiger partial charge in [-0.2, -0.15) is 0 Å². The Balaban J connectivity index is 2.34. The summed E-state index contributed by atoms with van der Waals surface area (Å²) in [6.07, 6.45) is 0. The lowest BCUT2D eigenvalue weighted by atomic mass is 10.1. The first-order chi connectivity index (χ1) is 9.16. The largest absolute Gasteiger partial charge is 0.207 e. The Kier molecular flexibility index (Phi) is 3.09. The van der Waals surface area contributed by atoms with E-state index in [9.17, 15) is 4.39 Å². The normalized spacial score (nSPS) is 10.9. The van der Waals surface area contributed by atoms with Crippen molar-refractivity contribution in [2.24, 2.45) is 0 Å². The molecule has 0 aliphatic heterocycles. The Hall–Kier alpha value is -1.71. The minimum absolute atomic E-state index is 0.293. The molecule has 3 rings (SSSR count). The van der Waals surface area contributed by atoms with Gasteiger partial charge in [0.2, 0.25) is 0 Å². The number of halogens is 3. The Morgan fingerprint density at radius 2 is 1.63 bits per heavy atom. The number of hydrogen-bond donors (Lipinski definition) is 0. The van der Waals surface area contributed by atoms with Gasteiger partial charge in [-0.05, 0) is 18.2 Å². The fourth-order valence-corrected chi connectivity index (χ4v) is 2.41. The second-order valence-corrected chi connectivity index (χ2v) is 4.77. The summed E-state index contributed by atoms with van der Waals surface area (Å²) in [5.41, 5.74) is 1.22. The van der Waals surface area contributed by atoms with Crippen LogP contribution in [0, 0.1) is 5.82 Å². The van der Waals surface area contributed by atoms with Gasteiger partial charge in [-0.25, -0.2) is 4.39 Å². The first kappa shape index (κ1) is 12.3. The van der Waals surface area contributed by atoms with Gasteiger partial charge in [0.25, 0.3) is 0 Å². The van der Waals surface area contributed by atoms with Crippen molar-refractivity contribution < 1.29 is 4.39 Å². The highest BCUT2D eigenvalue weighted by molar-refractivity contribution is 6.35. The number of nitrogens with zero attached hydrogens (tertiary/aromatic N) is 2. The molecule has 0 fully saturated rings. The summed E-state index contributed by atoms with van der Waals surface area (Å²) in [5.74, 6) is -0.389. The highest BCUT2D eigenvalue weighted by Gasteiger charge is 2.12.